The molecule has 1 aromatic rings. The molecule has 3 rings (SSSR count). The first-order chi connectivity index (χ1) is 14.3. The van der Waals surface area contributed by atoms with Gasteiger partial charge in [-0.15, -0.1) is 0 Å². The predicted octanol–water partition coefficient (Wildman–Crippen LogP) is 2.91. The van der Waals surface area contributed by atoms with E-state index < -0.39 is 0 Å². The number of benzene rings is 1. The van der Waals surface area contributed by atoms with E-state index >= 15 is 0 Å². The van der Waals surface area contributed by atoms with Crippen molar-refractivity contribution in [3.8, 4) is 0 Å². The van der Waals surface area contributed by atoms with Crippen molar-refractivity contribution in [1.29, 1.82) is 0 Å². The van der Waals surface area contributed by atoms with Gasteiger partial charge < -0.3 is 14.9 Å². The number of hydrogen-bond donors (Lipinski definition) is 1. The molecule has 2 heterocycles. The molecule has 1 unspecified atom stereocenters. The molecule has 0 saturated carbocycles. The minimum atomic E-state index is -0.188. The van der Waals surface area contributed by atoms with Crippen molar-refractivity contribution in [3.63, 3.8) is 0 Å². The smallest absolute Gasteiger partial charge is 0.246 e. The fourth-order valence-corrected chi connectivity index (χ4v) is 4.40. The Bertz CT molecular complexity index is 817. The van der Waals surface area contributed by atoms with Crippen LogP contribution in [0.5, 0.6) is 0 Å². The van der Waals surface area contributed by atoms with Crippen molar-refractivity contribution in [2.45, 2.75) is 31.7 Å². The first kappa shape index (κ1) is 23.1. The minimum absolute atomic E-state index is 0.0728. The lowest BCUT2D eigenvalue weighted by molar-refractivity contribution is -0.130. The van der Waals surface area contributed by atoms with Crippen LogP contribution in [0.3, 0.4) is 0 Å². The van der Waals surface area contributed by atoms with Crippen molar-refractivity contribution in [1.82, 2.24) is 14.7 Å². The van der Waals surface area contributed by atoms with Crippen LogP contribution >= 0.6 is 23.2 Å². The van der Waals surface area contributed by atoms with E-state index in [9.17, 15) is 14.7 Å². The zero-order valence-electron chi connectivity index (χ0n) is 17.3. The van der Waals surface area contributed by atoms with Crippen molar-refractivity contribution < 1.29 is 14.7 Å². The Morgan fingerprint density at radius 1 is 1.17 bits per heavy atom. The van der Waals surface area contributed by atoms with Crippen LogP contribution in [0.1, 0.15) is 31.7 Å². The van der Waals surface area contributed by atoms with Gasteiger partial charge in [-0.05, 0) is 50.1 Å². The summed E-state index contributed by atoms with van der Waals surface area (Å²) in [6.07, 6.45) is 5.59. The van der Waals surface area contributed by atoms with Gasteiger partial charge in [0.05, 0.1) is 16.7 Å². The molecule has 0 aliphatic carbocycles. The third kappa shape index (κ3) is 5.55. The monoisotopic (exact) mass is 453 g/mol. The third-order valence-electron chi connectivity index (χ3n) is 6.15. The topological polar surface area (TPSA) is 64.1 Å². The second-order valence-electron chi connectivity index (χ2n) is 8.21. The highest BCUT2D eigenvalue weighted by Crippen LogP contribution is 2.28. The van der Waals surface area contributed by atoms with E-state index in [0.29, 0.717) is 42.6 Å². The maximum Gasteiger partial charge on any atom is 0.246 e. The molecule has 2 aliphatic heterocycles. The number of carbonyl (C=O) groups is 2. The average Bonchev–Trinajstić information content (AvgIpc) is 3.00. The molecule has 2 aliphatic rings. The summed E-state index contributed by atoms with van der Waals surface area (Å²) in [4.78, 5) is 31.0. The second kappa shape index (κ2) is 10.1. The highest BCUT2D eigenvalue weighted by atomic mass is 35.5. The number of rotatable bonds is 6. The molecule has 8 heteroatoms. The van der Waals surface area contributed by atoms with Gasteiger partial charge in [-0.1, -0.05) is 29.3 Å². The summed E-state index contributed by atoms with van der Waals surface area (Å²) in [7, 11) is 0. The molecule has 164 valence electrons. The normalized spacial score (nSPS) is 23.4. The number of amides is 2. The van der Waals surface area contributed by atoms with Crippen LogP contribution in [0.2, 0.25) is 10.0 Å². The van der Waals surface area contributed by atoms with E-state index in [2.05, 4.69) is 11.8 Å². The van der Waals surface area contributed by atoms with E-state index in [-0.39, 0.29) is 24.0 Å². The molecule has 2 fully saturated rings. The highest BCUT2D eigenvalue weighted by Gasteiger charge is 2.36. The van der Waals surface area contributed by atoms with Gasteiger partial charge in [0.2, 0.25) is 11.8 Å². The molecule has 2 amide bonds. The van der Waals surface area contributed by atoms with Gasteiger partial charge in [0.25, 0.3) is 0 Å². The van der Waals surface area contributed by atoms with Crippen molar-refractivity contribution in [2.75, 3.05) is 45.9 Å². The molecule has 2 saturated heterocycles. The zero-order chi connectivity index (χ0) is 21.7. The minimum Gasteiger partial charge on any atom is -0.394 e. The summed E-state index contributed by atoms with van der Waals surface area (Å²) < 4.78 is 0. The van der Waals surface area contributed by atoms with Crippen molar-refractivity contribution >= 4 is 41.1 Å². The fourth-order valence-electron chi connectivity index (χ4n) is 4.09. The van der Waals surface area contributed by atoms with Crippen molar-refractivity contribution in [2.24, 2.45) is 0 Å². The Labute approximate surface area is 188 Å². The summed E-state index contributed by atoms with van der Waals surface area (Å²) in [5, 5.41) is 10.6. The second-order valence-corrected chi connectivity index (χ2v) is 9.02. The van der Waals surface area contributed by atoms with Crippen LogP contribution in [0.4, 0.5) is 0 Å². The Morgan fingerprint density at radius 2 is 1.97 bits per heavy atom. The van der Waals surface area contributed by atoms with Crippen LogP contribution in [-0.2, 0) is 9.59 Å². The van der Waals surface area contributed by atoms with Crippen LogP contribution < -0.4 is 0 Å². The molecule has 1 N–H and O–H groups in total. The van der Waals surface area contributed by atoms with Crippen molar-refractivity contribution in [3.05, 3.63) is 39.9 Å². The van der Waals surface area contributed by atoms with Crippen LogP contribution in [0.15, 0.2) is 24.3 Å². The first-order valence-electron chi connectivity index (χ1n) is 10.4. The Balaban J connectivity index is 1.54. The number of aliphatic hydroxyl groups is 1. The van der Waals surface area contributed by atoms with Gasteiger partial charge >= 0.3 is 0 Å². The maximum atomic E-state index is 12.6. The summed E-state index contributed by atoms with van der Waals surface area (Å²) in [6.45, 7) is 5.96. The third-order valence-corrected chi connectivity index (χ3v) is 6.89. The Hall–Kier alpha value is -1.60. The van der Waals surface area contributed by atoms with E-state index in [0.717, 1.165) is 31.5 Å². The fraction of sp³-hybridized carbons (Fsp3) is 0.545. The van der Waals surface area contributed by atoms with Gasteiger partial charge in [-0.3, -0.25) is 14.5 Å². The number of carbonyl (C=O) groups excluding carboxylic acids is 2. The van der Waals surface area contributed by atoms with Gasteiger partial charge in [0, 0.05) is 50.8 Å². The molecule has 0 spiro atoms. The van der Waals surface area contributed by atoms with E-state index in [4.69, 9.17) is 23.2 Å². The summed E-state index contributed by atoms with van der Waals surface area (Å²) >= 11 is 11.9. The van der Waals surface area contributed by atoms with E-state index in [1.165, 1.54) is 6.08 Å². The molecular weight excluding hydrogens is 425 g/mol. The Kier molecular flexibility index (Phi) is 7.80. The summed E-state index contributed by atoms with van der Waals surface area (Å²) in [6, 6.07) is 5.20. The van der Waals surface area contributed by atoms with Gasteiger partial charge in [0.15, 0.2) is 0 Å². The number of likely N-dealkylation sites (tertiary alicyclic amines) is 1. The lowest BCUT2D eigenvalue weighted by atomic mass is 10.0. The maximum absolute atomic E-state index is 12.6. The average molecular weight is 454 g/mol. The lowest BCUT2D eigenvalue weighted by Gasteiger charge is -2.35. The largest absolute Gasteiger partial charge is 0.394 e. The number of nitrogens with zero attached hydrogens (tertiary/aromatic N) is 3. The SMILES string of the molecule is CC1(CO)CCCN1CCN1CCN(C(=O)/C=C/c2ccc(Cl)c(Cl)c2)CCC1=O. The molecule has 0 bridgehead atoms. The molecule has 0 aromatic heterocycles. The molecule has 0 radical (unpaired) electrons. The van der Waals surface area contributed by atoms with Gasteiger partial charge in [-0.2, -0.15) is 0 Å². The summed E-state index contributed by atoms with van der Waals surface area (Å²) in [5.41, 5.74) is 0.606. The molecule has 30 heavy (non-hydrogen) atoms. The van der Waals surface area contributed by atoms with E-state index in [1.807, 2.05) is 4.90 Å². The zero-order valence-corrected chi connectivity index (χ0v) is 18.8. The number of hydrogen-bond acceptors (Lipinski definition) is 4. The van der Waals surface area contributed by atoms with Crippen LogP contribution in [-0.4, -0.2) is 83.0 Å². The number of aliphatic hydroxyl groups excluding tert-OH is 1. The van der Waals surface area contributed by atoms with Gasteiger partial charge in [-0.25, -0.2) is 0 Å². The Morgan fingerprint density at radius 3 is 2.70 bits per heavy atom. The molecular formula is C22H29Cl2N3O3. The predicted molar refractivity (Wildman–Crippen MR) is 120 cm³/mol. The highest BCUT2D eigenvalue weighted by molar-refractivity contribution is 6.42. The first-order valence-corrected chi connectivity index (χ1v) is 11.1. The van der Waals surface area contributed by atoms with Gasteiger partial charge in [0.1, 0.15) is 0 Å². The standard InChI is InChI=1S/C22H29Cl2N3O3/c1-22(16-28)8-2-9-27(22)14-13-26-12-11-25(10-7-21(26)30)20(29)6-4-17-3-5-18(23)19(24)15-17/h3-6,15,28H,2,7-14,16H2,1H3/b6-4+. The van der Waals surface area contributed by atoms with Crippen LogP contribution in [0, 0.1) is 0 Å². The lowest BCUT2D eigenvalue weighted by Crippen LogP contribution is -2.48. The van der Waals surface area contributed by atoms with E-state index in [1.54, 1.807) is 29.2 Å². The van der Waals surface area contributed by atoms with Crippen LogP contribution in [0.25, 0.3) is 6.08 Å². The molecule has 6 nitrogen and oxygen atoms in total. The molecule has 1 atom stereocenters. The number of halogens is 2. The summed E-state index contributed by atoms with van der Waals surface area (Å²) in [5.74, 6) is -0.0493. The quantitative estimate of drug-likeness (QED) is 0.672. The molecule has 1 aromatic carbocycles.